The van der Waals surface area contributed by atoms with Gasteiger partial charge in [0.25, 0.3) is 0 Å². The van der Waals surface area contributed by atoms with Crippen molar-refractivity contribution >= 4 is 22.8 Å². The van der Waals surface area contributed by atoms with E-state index in [1.165, 1.54) is 0 Å². The highest BCUT2D eigenvalue weighted by molar-refractivity contribution is 5.98. The summed E-state index contributed by atoms with van der Waals surface area (Å²) in [5.74, 6) is -2.74. The van der Waals surface area contributed by atoms with Crippen LogP contribution in [0.3, 0.4) is 0 Å². The number of esters is 2. The summed E-state index contributed by atoms with van der Waals surface area (Å²) >= 11 is 0. The van der Waals surface area contributed by atoms with Crippen LogP contribution in [0.15, 0.2) is 60.8 Å². The van der Waals surface area contributed by atoms with Gasteiger partial charge in [-0.15, -0.1) is 0 Å². The Kier molecular flexibility index (Phi) is 5.91. The van der Waals surface area contributed by atoms with Crippen molar-refractivity contribution in [3.63, 3.8) is 0 Å². The number of hydrogen-bond donors (Lipinski definition) is 1. The van der Waals surface area contributed by atoms with Crippen LogP contribution in [-0.4, -0.2) is 30.1 Å². The number of aromatic nitrogens is 1. The third-order valence-electron chi connectivity index (χ3n) is 4.53. The molecule has 1 aromatic heterocycles. The summed E-state index contributed by atoms with van der Waals surface area (Å²) in [5, 5.41) is 0.963. The quantitative estimate of drug-likeness (QED) is 0.507. The monoisotopic (exact) mass is 365 g/mol. The summed E-state index contributed by atoms with van der Waals surface area (Å²) in [4.78, 5) is 28.8. The van der Waals surface area contributed by atoms with Crippen LogP contribution < -0.4 is 0 Å². The first-order valence-corrected chi connectivity index (χ1v) is 9.11. The van der Waals surface area contributed by atoms with Crippen LogP contribution in [-0.2, 0) is 19.1 Å². The van der Waals surface area contributed by atoms with Crippen molar-refractivity contribution in [3.05, 3.63) is 71.9 Å². The lowest BCUT2D eigenvalue weighted by Crippen LogP contribution is -2.34. The number of H-pyrrole nitrogens is 1. The lowest BCUT2D eigenvalue weighted by molar-refractivity contribution is -0.162. The molecule has 0 amide bonds. The molecule has 5 nitrogen and oxygen atoms in total. The SMILES string of the molecule is CCOC(=O)C(C(=O)OCC)[C@@H](c1ccccc1)c1c[nH]c2ccccc12. The van der Waals surface area contributed by atoms with Gasteiger partial charge in [0.1, 0.15) is 0 Å². The van der Waals surface area contributed by atoms with E-state index < -0.39 is 23.8 Å². The second kappa shape index (κ2) is 8.54. The Morgan fingerprint density at radius 3 is 2.11 bits per heavy atom. The number of nitrogens with one attached hydrogen (secondary N) is 1. The highest BCUT2D eigenvalue weighted by atomic mass is 16.6. The molecule has 2 aromatic carbocycles. The van der Waals surface area contributed by atoms with Crippen LogP contribution >= 0.6 is 0 Å². The molecular formula is C22H23NO4. The van der Waals surface area contributed by atoms with Gasteiger partial charge in [0.15, 0.2) is 5.92 Å². The number of carbonyl (C=O) groups is 2. The molecule has 1 atom stereocenters. The molecule has 140 valence electrons. The van der Waals surface area contributed by atoms with E-state index in [-0.39, 0.29) is 13.2 Å². The van der Waals surface area contributed by atoms with Crippen LogP contribution in [0.2, 0.25) is 0 Å². The molecule has 0 aliphatic heterocycles. The molecule has 0 fully saturated rings. The van der Waals surface area contributed by atoms with Crippen LogP contribution in [0.4, 0.5) is 0 Å². The van der Waals surface area contributed by atoms with Crippen LogP contribution in [0.25, 0.3) is 10.9 Å². The third kappa shape index (κ3) is 3.87. The van der Waals surface area contributed by atoms with Gasteiger partial charge in [0.05, 0.1) is 13.2 Å². The smallest absolute Gasteiger partial charge is 0.321 e. The highest BCUT2D eigenvalue weighted by Gasteiger charge is 2.40. The Morgan fingerprint density at radius 2 is 1.48 bits per heavy atom. The van der Waals surface area contributed by atoms with Crippen molar-refractivity contribution in [2.75, 3.05) is 13.2 Å². The Hall–Kier alpha value is -3.08. The number of ether oxygens (including phenoxy) is 2. The zero-order valence-electron chi connectivity index (χ0n) is 15.5. The van der Waals surface area contributed by atoms with Crippen molar-refractivity contribution in [3.8, 4) is 0 Å². The molecule has 27 heavy (non-hydrogen) atoms. The van der Waals surface area contributed by atoms with E-state index in [1.54, 1.807) is 13.8 Å². The molecule has 1 heterocycles. The summed E-state index contributed by atoms with van der Waals surface area (Å²) < 4.78 is 10.5. The fourth-order valence-electron chi connectivity index (χ4n) is 3.40. The molecule has 3 aromatic rings. The van der Waals surface area contributed by atoms with E-state index in [0.717, 1.165) is 22.0 Å². The van der Waals surface area contributed by atoms with Crippen molar-refractivity contribution in [2.24, 2.45) is 5.92 Å². The minimum absolute atomic E-state index is 0.199. The Morgan fingerprint density at radius 1 is 0.889 bits per heavy atom. The van der Waals surface area contributed by atoms with Gasteiger partial charge in [-0.1, -0.05) is 48.5 Å². The van der Waals surface area contributed by atoms with Gasteiger partial charge < -0.3 is 14.5 Å². The third-order valence-corrected chi connectivity index (χ3v) is 4.53. The lowest BCUT2D eigenvalue weighted by Gasteiger charge is -2.24. The molecule has 1 N–H and O–H groups in total. The standard InChI is InChI=1S/C22H23NO4/c1-3-26-21(24)20(22(25)27-4-2)19(15-10-6-5-7-11-15)17-14-23-18-13-9-8-12-16(17)18/h5-14,19-20,23H,3-4H2,1-2H3/t19-/m0/s1. The van der Waals surface area contributed by atoms with Crippen molar-refractivity contribution in [1.82, 2.24) is 4.98 Å². The van der Waals surface area contributed by atoms with E-state index in [9.17, 15) is 9.59 Å². The first-order chi connectivity index (χ1) is 13.2. The maximum Gasteiger partial charge on any atom is 0.321 e. The van der Waals surface area contributed by atoms with E-state index in [0.29, 0.717) is 0 Å². The minimum Gasteiger partial charge on any atom is -0.465 e. The fraction of sp³-hybridized carbons (Fsp3) is 0.273. The molecule has 0 aliphatic carbocycles. The van der Waals surface area contributed by atoms with Gasteiger partial charge >= 0.3 is 11.9 Å². The fourth-order valence-corrected chi connectivity index (χ4v) is 3.40. The molecule has 0 unspecified atom stereocenters. The van der Waals surface area contributed by atoms with Crippen LogP contribution in [0, 0.1) is 5.92 Å². The first-order valence-electron chi connectivity index (χ1n) is 9.11. The average molecular weight is 365 g/mol. The minimum atomic E-state index is -1.08. The number of rotatable bonds is 7. The molecule has 0 radical (unpaired) electrons. The van der Waals surface area contributed by atoms with E-state index in [1.807, 2.05) is 60.8 Å². The van der Waals surface area contributed by atoms with Crippen LogP contribution in [0.1, 0.15) is 30.9 Å². The normalized spacial score (nSPS) is 12.1. The Balaban J connectivity index is 2.18. The second-order valence-corrected chi connectivity index (χ2v) is 6.16. The van der Waals surface area contributed by atoms with Gasteiger partial charge in [0.2, 0.25) is 0 Å². The largest absolute Gasteiger partial charge is 0.465 e. The van der Waals surface area contributed by atoms with Crippen LogP contribution in [0.5, 0.6) is 0 Å². The lowest BCUT2D eigenvalue weighted by atomic mass is 9.80. The van der Waals surface area contributed by atoms with Gasteiger partial charge in [-0.3, -0.25) is 9.59 Å². The maximum absolute atomic E-state index is 12.8. The number of carbonyl (C=O) groups excluding carboxylic acids is 2. The second-order valence-electron chi connectivity index (χ2n) is 6.16. The Bertz CT molecular complexity index is 898. The molecule has 0 aliphatic rings. The predicted molar refractivity (Wildman–Crippen MR) is 103 cm³/mol. The zero-order valence-corrected chi connectivity index (χ0v) is 15.5. The van der Waals surface area contributed by atoms with Crippen molar-refractivity contribution in [2.45, 2.75) is 19.8 Å². The molecule has 0 bridgehead atoms. The van der Waals surface area contributed by atoms with Crippen molar-refractivity contribution in [1.29, 1.82) is 0 Å². The summed E-state index contributed by atoms with van der Waals surface area (Å²) in [5.41, 5.74) is 2.66. The molecule has 3 rings (SSSR count). The van der Waals surface area contributed by atoms with E-state index >= 15 is 0 Å². The summed E-state index contributed by atoms with van der Waals surface area (Å²) in [6, 6.07) is 17.3. The molecule has 0 saturated heterocycles. The highest BCUT2D eigenvalue weighted by Crippen LogP contribution is 2.37. The summed E-state index contributed by atoms with van der Waals surface area (Å²) in [6.45, 7) is 3.85. The van der Waals surface area contributed by atoms with E-state index in [4.69, 9.17) is 9.47 Å². The van der Waals surface area contributed by atoms with E-state index in [2.05, 4.69) is 4.98 Å². The van der Waals surface area contributed by atoms with Gasteiger partial charge in [0, 0.05) is 23.0 Å². The molecule has 0 spiro atoms. The first kappa shape index (κ1) is 18.7. The zero-order chi connectivity index (χ0) is 19.2. The summed E-state index contributed by atoms with van der Waals surface area (Å²) in [6.07, 6.45) is 1.85. The van der Waals surface area contributed by atoms with Gasteiger partial charge in [-0.2, -0.15) is 0 Å². The Labute approximate surface area is 158 Å². The summed E-state index contributed by atoms with van der Waals surface area (Å²) in [7, 11) is 0. The number of para-hydroxylation sites is 1. The number of fused-ring (bicyclic) bond motifs is 1. The number of benzene rings is 2. The van der Waals surface area contributed by atoms with Gasteiger partial charge in [-0.05, 0) is 31.0 Å². The maximum atomic E-state index is 12.8. The molecule has 5 heteroatoms. The average Bonchev–Trinajstić information content (AvgIpc) is 3.10. The topological polar surface area (TPSA) is 68.4 Å². The predicted octanol–water partition coefficient (Wildman–Crippen LogP) is 4.04. The molecule has 0 saturated carbocycles. The van der Waals surface area contributed by atoms with Gasteiger partial charge in [-0.25, -0.2) is 0 Å². The number of aromatic amines is 1. The number of hydrogen-bond acceptors (Lipinski definition) is 4. The van der Waals surface area contributed by atoms with Crippen molar-refractivity contribution < 1.29 is 19.1 Å². The molecular weight excluding hydrogens is 342 g/mol.